The van der Waals surface area contributed by atoms with Crippen LogP contribution in [0.5, 0.6) is 0 Å². The Bertz CT molecular complexity index is 3350. The molecule has 0 aliphatic rings. The molecule has 3 heterocycles. The second-order valence-electron chi connectivity index (χ2n) is 17.4. The Labute approximate surface area is 397 Å². The van der Waals surface area contributed by atoms with Crippen LogP contribution in [0.4, 0.5) is 0 Å². The number of nitrogens with zero attached hydrogens (tertiary/aromatic N) is 3. The van der Waals surface area contributed by atoms with Crippen molar-refractivity contribution in [3.63, 3.8) is 0 Å². The predicted octanol–water partition coefficient (Wildman–Crippen LogP) is 16.1. The monoisotopic (exact) mass is 1020 g/mol. The first kappa shape index (κ1) is 39.2. The van der Waals surface area contributed by atoms with Crippen LogP contribution in [0.3, 0.4) is 0 Å². The minimum Gasteiger partial charge on any atom is -0.501 e. The summed E-state index contributed by atoms with van der Waals surface area (Å²) < 4.78 is 43.3. The molecule has 0 N–H and O–H groups in total. The number of rotatable bonds is 8. The fourth-order valence-electron chi connectivity index (χ4n) is 8.22. The van der Waals surface area contributed by atoms with E-state index >= 15 is 0 Å². The molecule has 0 bridgehead atoms. The molecule has 0 fully saturated rings. The maximum absolute atomic E-state index is 8.97. The number of pyridine rings is 1. The van der Waals surface area contributed by atoms with Gasteiger partial charge < -0.3 is 14.0 Å². The molecule has 10 aromatic rings. The van der Waals surface area contributed by atoms with Gasteiger partial charge in [-0.25, -0.2) is 0 Å². The molecule has 64 heavy (non-hydrogen) atoms. The molecule has 0 aliphatic heterocycles. The van der Waals surface area contributed by atoms with E-state index in [0.717, 1.165) is 94.7 Å². The van der Waals surface area contributed by atoms with Crippen LogP contribution >= 0.6 is 0 Å². The SMILES string of the molecule is [2H]C(C)(C)c1cccc(C([2H])(C)C)c1-n1c(-c2[c-]cccc2)nc2ccc(-c3ccccc3)cc21.[2H]C([2H])(c1ccc(-c2ccnc(-c3[c-]ccc4c3oc3ccccc34)c2)cc1)C(C)(C)C.[Ir]. The molecule has 0 spiro atoms. The first-order chi connectivity index (χ1) is 31.9. The summed E-state index contributed by atoms with van der Waals surface area (Å²) in [7, 11) is 0. The van der Waals surface area contributed by atoms with E-state index in [9.17, 15) is 0 Å². The Morgan fingerprint density at radius 3 is 2.03 bits per heavy atom. The molecule has 10 rings (SSSR count). The average Bonchev–Trinajstić information content (AvgIpc) is 3.90. The van der Waals surface area contributed by atoms with Gasteiger partial charge in [0.1, 0.15) is 5.58 Å². The van der Waals surface area contributed by atoms with E-state index in [1.54, 1.807) is 6.20 Å². The van der Waals surface area contributed by atoms with Crippen molar-refractivity contribution >= 4 is 33.0 Å². The molecule has 0 amide bonds. The molecule has 0 saturated heterocycles. The summed E-state index contributed by atoms with van der Waals surface area (Å²) in [5, 5.41) is 2.13. The molecular weight excluding hydrogens is 959 g/mol. The van der Waals surface area contributed by atoms with E-state index in [1.807, 2.05) is 176 Å². The van der Waals surface area contributed by atoms with E-state index < -0.39 is 23.6 Å². The van der Waals surface area contributed by atoms with Crippen molar-refractivity contribution in [3.05, 3.63) is 199 Å². The van der Waals surface area contributed by atoms with Crippen molar-refractivity contribution < 1.29 is 30.0 Å². The van der Waals surface area contributed by atoms with Crippen molar-refractivity contribution in [1.82, 2.24) is 14.5 Å². The zero-order valence-electron chi connectivity index (χ0n) is 41.2. The Balaban J connectivity index is 0.000000182. The summed E-state index contributed by atoms with van der Waals surface area (Å²) in [6, 6.07) is 60.8. The zero-order chi connectivity index (χ0) is 47.3. The summed E-state index contributed by atoms with van der Waals surface area (Å²) in [6.07, 6.45) is 0.378. The zero-order valence-corrected chi connectivity index (χ0v) is 39.6. The van der Waals surface area contributed by atoms with Crippen LogP contribution in [0, 0.1) is 17.5 Å². The average molecular weight is 1020 g/mol. The smallest absolute Gasteiger partial charge is 0.120 e. The number of hydrogen-bond acceptors (Lipinski definition) is 3. The van der Waals surface area contributed by atoms with Crippen molar-refractivity contribution in [1.29, 1.82) is 0 Å². The number of benzene rings is 7. The summed E-state index contributed by atoms with van der Waals surface area (Å²) in [5.41, 5.74) is 13.0. The van der Waals surface area contributed by atoms with Gasteiger partial charge in [0.25, 0.3) is 0 Å². The second kappa shape index (κ2) is 18.8. The quantitative estimate of drug-likeness (QED) is 0.142. The van der Waals surface area contributed by atoms with Gasteiger partial charge in [-0.15, -0.1) is 54.1 Å². The summed E-state index contributed by atoms with van der Waals surface area (Å²) >= 11 is 0. The first-order valence-electron chi connectivity index (χ1n) is 23.5. The van der Waals surface area contributed by atoms with Crippen LogP contribution in [0.1, 0.15) is 82.4 Å². The molecule has 7 aromatic carbocycles. The number of furan rings is 1. The minimum absolute atomic E-state index is 0. The number of hydrogen-bond donors (Lipinski definition) is 0. The van der Waals surface area contributed by atoms with Gasteiger partial charge in [-0.1, -0.05) is 163 Å². The fraction of sp³-hybridized carbons (Fsp3) is 0.186. The number of fused-ring (bicyclic) bond motifs is 4. The molecule has 4 nitrogen and oxygen atoms in total. The van der Waals surface area contributed by atoms with Crippen LogP contribution in [-0.4, -0.2) is 14.5 Å². The molecule has 0 aliphatic carbocycles. The van der Waals surface area contributed by atoms with Gasteiger partial charge in [-0.05, 0) is 92.5 Å². The summed E-state index contributed by atoms with van der Waals surface area (Å²) in [5.74, 6) is -0.989. The molecular formula is C59H53IrN3O-2. The predicted molar refractivity (Wildman–Crippen MR) is 263 cm³/mol. The van der Waals surface area contributed by atoms with Crippen LogP contribution < -0.4 is 0 Å². The molecule has 1 radical (unpaired) electrons. The Morgan fingerprint density at radius 2 is 1.33 bits per heavy atom. The van der Waals surface area contributed by atoms with Crippen LogP contribution in [-0.2, 0) is 26.5 Å². The Hall–Kier alpha value is -6.39. The maximum atomic E-state index is 8.97. The Morgan fingerprint density at radius 1 is 0.656 bits per heavy atom. The van der Waals surface area contributed by atoms with Crippen LogP contribution in [0.2, 0.25) is 0 Å². The topological polar surface area (TPSA) is 43.9 Å². The van der Waals surface area contributed by atoms with E-state index in [1.165, 1.54) is 0 Å². The van der Waals surface area contributed by atoms with Gasteiger partial charge in [-0.3, -0.25) is 4.98 Å². The molecule has 321 valence electrons. The summed E-state index contributed by atoms with van der Waals surface area (Å²) in [4.78, 5) is 9.64. The normalized spacial score (nSPS) is 13.0. The van der Waals surface area contributed by atoms with Gasteiger partial charge >= 0.3 is 0 Å². The van der Waals surface area contributed by atoms with E-state index in [2.05, 4.69) is 58.1 Å². The van der Waals surface area contributed by atoms with Crippen LogP contribution in [0.15, 0.2) is 174 Å². The maximum Gasteiger partial charge on any atom is 0.120 e. The van der Waals surface area contributed by atoms with Gasteiger partial charge in [-0.2, -0.15) is 0 Å². The minimum atomic E-state index is -1.42. The van der Waals surface area contributed by atoms with Gasteiger partial charge in [0.15, 0.2) is 0 Å². The molecule has 0 saturated carbocycles. The van der Waals surface area contributed by atoms with E-state index in [0.29, 0.717) is 5.56 Å². The molecule has 3 aromatic heterocycles. The fourth-order valence-corrected chi connectivity index (χ4v) is 8.22. The van der Waals surface area contributed by atoms with Gasteiger partial charge in [0, 0.05) is 42.9 Å². The van der Waals surface area contributed by atoms with Crippen LogP contribution in [0.25, 0.3) is 83.6 Å². The largest absolute Gasteiger partial charge is 0.501 e. The molecule has 0 atom stereocenters. The number of para-hydroxylation sites is 2. The van der Waals surface area contributed by atoms with E-state index in [-0.39, 0.29) is 20.1 Å². The Kier molecular flexibility index (Phi) is 11.5. The molecule has 5 heteroatoms. The third kappa shape index (κ3) is 9.15. The van der Waals surface area contributed by atoms with Crippen molar-refractivity contribution in [2.45, 2.75) is 66.6 Å². The van der Waals surface area contributed by atoms with Crippen molar-refractivity contribution in [2.75, 3.05) is 0 Å². The third-order valence-electron chi connectivity index (χ3n) is 11.1. The van der Waals surface area contributed by atoms with Gasteiger partial charge in [0.05, 0.1) is 22.4 Å². The van der Waals surface area contributed by atoms with Crippen molar-refractivity contribution in [2.24, 2.45) is 5.41 Å². The number of aromatic nitrogens is 3. The summed E-state index contributed by atoms with van der Waals surface area (Å²) in [6.45, 7) is 13.4. The van der Waals surface area contributed by atoms with E-state index in [4.69, 9.17) is 14.9 Å². The first-order valence-corrected chi connectivity index (χ1v) is 21.5. The second-order valence-corrected chi connectivity index (χ2v) is 17.4. The van der Waals surface area contributed by atoms with Gasteiger partial charge in [0.2, 0.25) is 0 Å². The standard InChI is InChI=1S/C31H29N2.C28H24NO.Ir/c1-21(2)26-16-11-17-27(22(3)4)30(26)33-29-20-25(23-12-7-5-8-13-23)18-19-28(29)32-31(33)24-14-9-6-10-15-24;1-28(2,3)18-19-11-13-20(14-12-19)21-15-16-29-25(17-21)24-9-6-8-23-22-7-4-5-10-26(22)30-27(23)24;/h5-14,16-22H,1-4H3;4-8,10-17H,18H2,1-3H3;/q2*-1;/i21D,22D;18D2;. The van der Waals surface area contributed by atoms with Crippen molar-refractivity contribution in [3.8, 4) is 50.6 Å². The third-order valence-corrected chi connectivity index (χ3v) is 11.1. The molecule has 0 unspecified atom stereocenters. The number of imidazole rings is 1.